The Kier molecular flexibility index (Phi) is 3.93. The molecule has 1 amide bonds. The van der Waals surface area contributed by atoms with Crippen molar-refractivity contribution in [3.63, 3.8) is 0 Å². The number of hydrogen-bond donors (Lipinski definition) is 2. The van der Waals surface area contributed by atoms with Gasteiger partial charge in [-0.1, -0.05) is 24.3 Å². The number of fused-ring (bicyclic) bond motifs is 2. The third kappa shape index (κ3) is 2.80. The van der Waals surface area contributed by atoms with E-state index in [0.717, 1.165) is 43.6 Å². The van der Waals surface area contributed by atoms with Crippen molar-refractivity contribution >= 4 is 17.7 Å². The van der Waals surface area contributed by atoms with Crippen molar-refractivity contribution in [2.24, 2.45) is 5.92 Å². The summed E-state index contributed by atoms with van der Waals surface area (Å²) >= 11 is 1.89. The highest BCUT2D eigenvalue weighted by Crippen LogP contribution is 2.60. The van der Waals surface area contributed by atoms with Crippen molar-refractivity contribution in [2.45, 2.75) is 49.5 Å². The van der Waals surface area contributed by atoms with Crippen molar-refractivity contribution in [2.75, 3.05) is 18.1 Å². The number of rotatable bonds is 3. The number of benzene rings is 1. The highest BCUT2D eigenvalue weighted by molar-refractivity contribution is 7.99. The maximum Gasteiger partial charge on any atom is 0.224 e. The molecule has 23 heavy (non-hydrogen) atoms. The molecular formula is C19H25NO2S. The number of carbonyl (C=O) groups excluding carboxylic acids is 1. The topological polar surface area (TPSA) is 49.3 Å². The van der Waals surface area contributed by atoms with Crippen LogP contribution in [0.5, 0.6) is 0 Å². The summed E-state index contributed by atoms with van der Waals surface area (Å²) in [5.74, 6) is 2.24. The fourth-order valence-electron chi connectivity index (χ4n) is 4.48. The quantitative estimate of drug-likeness (QED) is 0.895. The third-order valence-electron chi connectivity index (χ3n) is 6.03. The van der Waals surface area contributed by atoms with Crippen LogP contribution in [0.1, 0.15) is 43.2 Å². The Morgan fingerprint density at radius 1 is 1.26 bits per heavy atom. The number of aryl methyl sites for hydroxylation is 1. The van der Waals surface area contributed by atoms with Gasteiger partial charge in [-0.3, -0.25) is 4.79 Å². The van der Waals surface area contributed by atoms with Crippen LogP contribution in [0.4, 0.5) is 0 Å². The van der Waals surface area contributed by atoms with E-state index >= 15 is 0 Å². The van der Waals surface area contributed by atoms with Gasteiger partial charge < -0.3 is 10.4 Å². The molecule has 1 spiro atoms. The first-order valence-corrected chi connectivity index (χ1v) is 9.95. The van der Waals surface area contributed by atoms with Crippen molar-refractivity contribution < 1.29 is 9.90 Å². The molecule has 2 fully saturated rings. The zero-order chi connectivity index (χ0) is 15.9. The molecule has 2 aliphatic carbocycles. The largest absolute Gasteiger partial charge is 0.388 e. The van der Waals surface area contributed by atoms with Gasteiger partial charge in [0.15, 0.2) is 0 Å². The normalized spacial score (nSPS) is 31.4. The van der Waals surface area contributed by atoms with E-state index in [2.05, 4.69) is 29.6 Å². The predicted molar refractivity (Wildman–Crippen MR) is 93.7 cm³/mol. The highest BCUT2D eigenvalue weighted by Gasteiger charge is 2.60. The van der Waals surface area contributed by atoms with Crippen LogP contribution in [0.3, 0.4) is 0 Å². The van der Waals surface area contributed by atoms with E-state index in [1.807, 2.05) is 11.8 Å². The number of aliphatic hydroxyl groups is 1. The summed E-state index contributed by atoms with van der Waals surface area (Å²) < 4.78 is 0. The number of thioether (sulfide) groups is 1. The molecule has 124 valence electrons. The van der Waals surface area contributed by atoms with Crippen LogP contribution in [0.2, 0.25) is 0 Å². The third-order valence-corrected chi connectivity index (χ3v) is 7.02. The number of hydrogen-bond acceptors (Lipinski definition) is 3. The SMILES string of the molecule is O=C(NCC1(O)CCSCC1)[C@H]1C[C@]12CCCc1ccccc12. The molecule has 2 atom stereocenters. The molecule has 1 saturated carbocycles. The molecule has 3 aliphatic rings. The molecule has 0 aromatic heterocycles. The number of carbonyl (C=O) groups is 1. The van der Waals surface area contributed by atoms with Gasteiger partial charge in [0.2, 0.25) is 5.91 Å². The smallest absolute Gasteiger partial charge is 0.224 e. The van der Waals surface area contributed by atoms with Crippen molar-refractivity contribution in [1.29, 1.82) is 0 Å². The number of nitrogens with one attached hydrogen (secondary N) is 1. The molecule has 1 aromatic rings. The second-order valence-electron chi connectivity index (χ2n) is 7.48. The van der Waals surface area contributed by atoms with Crippen LogP contribution >= 0.6 is 11.8 Å². The van der Waals surface area contributed by atoms with Crippen molar-refractivity contribution in [3.8, 4) is 0 Å². The minimum Gasteiger partial charge on any atom is -0.388 e. The Balaban J connectivity index is 1.42. The van der Waals surface area contributed by atoms with E-state index in [0.29, 0.717) is 6.54 Å². The van der Waals surface area contributed by atoms with Gasteiger partial charge in [0.05, 0.1) is 5.60 Å². The molecule has 0 radical (unpaired) electrons. The first-order chi connectivity index (χ1) is 11.1. The van der Waals surface area contributed by atoms with Gasteiger partial charge in [-0.25, -0.2) is 0 Å². The Hall–Kier alpha value is -1.00. The summed E-state index contributed by atoms with van der Waals surface area (Å²) in [5, 5.41) is 13.6. The predicted octanol–water partition coefficient (Wildman–Crippen LogP) is 2.65. The summed E-state index contributed by atoms with van der Waals surface area (Å²) in [7, 11) is 0. The summed E-state index contributed by atoms with van der Waals surface area (Å²) in [4.78, 5) is 12.6. The van der Waals surface area contributed by atoms with Crippen LogP contribution in [-0.2, 0) is 16.6 Å². The van der Waals surface area contributed by atoms with Gasteiger partial charge in [0, 0.05) is 17.9 Å². The van der Waals surface area contributed by atoms with Gasteiger partial charge in [0.25, 0.3) is 0 Å². The molecule has 3 nitrogen and oxygen atoms in total. The zero-order valence-corrected chi connectivity index (χ0v) is 14.3. The Morgan fingerprint density at radius 3 is 2.87 bits per heavy atom. The Labute approximate surface area is 142 Å². The van der Waals surface area contributed by atoms with Gasteiger partial charge >= 0.3 is 0 Å². The molecule has 1 aromatic carbocycles. The van der Waals surface area contributed by atoms with Gasteiger partial charge in [0.1, 0.15) is 0 Å². The summed E-state index contributed by atoms with van der Waals surface area (Å²) in [6, 6.07) is 8.63. The van der Waals surface area contributed by atoms with E-state index in [1.54, 1.807) is 0 Å². The lowest BCUT2D eigenvalue weighted by atomic mass is 9.78. The molecule has 1 saturated heterocycles. The maximum absolute atomic E-state index is 12.6. The van der Waals surface area contributed by atoms with Crippen LogP contribution in [0.15, 0.2) is 24.3 Å². The fourth-order valence-corrected chi connectivity index (χ4v) is 5.73. The van der Waals surface area contributed by atoms with E-state index in [9.17, 15) is 9.90 Å². The average Bonchev–Trinajstić information content (AvgIpc) is 3.29. The second kappa shape index (κ2) is 5.82. The average molecular weight is 331 g/mol. The minimum atomic E-state index is -0.687. The maximum atomic E-state index is 12.6. The van der Waals surface area contributed by atoms with Gasteiger partial charge in [-0.15, -0.1) is 0 Å². The molecule has 2 N–H and O–H groups in total. The second-order valence-corrected chi connectivity index (χ2v) is 8.70. The van der Waals surface area contributed by atoms with E-state index in [1.165, 1.54) is 17.5 Å². The van der Waals surface area contributed by atoms with Crippen LogP contribution in [0.25, 0.3) is 0 Å². The summed E-state index contributed by atoms with van der Waals surface area (Å²) in [6.07, 6.45) is 6.01. The Bertz CT molecular complexity index is 611. The van der Waals surface area contributed by atoms with E-state index in [-0.39, 0.29) is 17.2 Å². The molecule has 0 bridgehead atoms. The summed E-state index contributed by atoms with van der Waals surface area (Å²) in [5.41, 5.74) is 2.23. The van der Waals surface area contributed by atoms with Gasteiger partial charge in [-0.05, 0) is 61.2 Å². The molecule has 0 unspecified atom stereocenters. The highest BCUT2D eigenvalue weighted by atomic mass is 32.2. The van der Waals surface area contributed by atoms with E-state index in [4.69, 9.17) is 0 Å². The van der Waals surface area contributed by atoms with Crippen LogP contribution in [0, 0.1) is 5.92 Å². The number of amides is 1. The minimum absolute atomic E-state index is 0.0873. The molecule has 1 heterocycles. The van der Waals surface area contributed by atoms with Crippen LogP contribution in [-0.4, -0.2) is 34.7 Å². The molecule has 1 aliphatic heterocycles. The van der Waals surface area contributed by atoms with E-state index < -0.39 is 5.60 Å². The monoisotopic (exact) mass is 331 g/mol. The molecular weight excluding hydrogens is 306 g/mol. The lowest BCUT2D eigenvalue weighted by Crippen LogP contribution is -2.46. The standard InChI is InChI=1S/C19H25NO2S/c21-17(20-13-18(22)8-10-23-11-9-18)16-12-19(16)7-3-5-14-4-1-2-6-15(14)19/h1-2,4,6,16,22H,3,5,7-13H2,(H,20,21)/t16-,19+/m1/s1. The first kappa shape index (κ1) is 15.5. The lowest BCUT2D eigenvalue weighted by Gasteiger charge is -2.32. The molecule has 4 rings (SSSR count). The molecule has 4 heteroatoms. The zero-order valence-electron chi connectivity index (χ0n) is 13.5. The fraction of sp³-hybridized carbons (Fsp3) is 0.632. The van der Waals surface area contributed by atoms with Crippen LogP contribution < -0.4 is 5.32 Å². The summed E-state index contributed by atoms with van der Waals surface area (Å²) in [6.45, 7) is 0.417. The van der Waals surface area contributed by atoms with Crippen molar-refractivity contribution in [3.05, 3.63) is 35.4 Å². The van der Waals surface area contributed by atoms with Gasteiger partial charge in [-0.2, -0.15) is 11.8 Å². The Morgan fingerprint density at radius 2 is 2.04 bits per heavy atom. The van der Waals surface area contributed by atoms with Crippen molar-refractivity contribution in [1.82, 2.24) is 5.32 Å². The lowest BCUT2D eigenvalue weighted by molar-refractivity contribution is -0.124. The first-order valence-electron chi connectivity index (χ1n) is 8.79.